The van der Waals surface area contributed by atoms with Gasteiger partial charge in [0.05, 0.1) is 12.2 Å². The summed E-state index contributed by atoms with van der Waals surface area (Å²) in [5.41, 5.74) is 0. The van der Waals surface area contributed by atoms with E-state index in [4.69, 9.17) is 9.47 Å². The highest BCUT2D eigenvalue weighted by atomic mass is 16.5. The van der Waals surface area contributed by atoms with E-state index in [0.29, 0.717) is 12.2 Å². The Morgan fingerprint density at radius 1 is 1.00 bits per heavy atom. The van der Waals surface area contributed by atoms with Crippen LogP contribution in [0.1, 0.15) is 33.1 Å². The molecule has 0 aromatic carbocycles. The molecule has 1 rings (SSSR count). The molecule has 0 saturated heterocycles. The zero-order valence-corrected chi connectivity index (χ0v) is 7.51. The number of hydrogen-bond donors (Lipinski definition) is 0. The van der Waals surface area contributed by atoms with Crippen molar-refractivity contribution in [3.05, 3.63) is 0 Å². The average Bonchev–Trinajstić information content (AvgIpc) is 2.39. The molecule has 0 bridgehead atoms. The summed E-state index contributed by atoms with van der Waals surface area (Å²) < 4.78 is 11.1. The lowest BCUT2D eigenvalue weighted by atomic mass is 10.2. The van der Waals surface area contributed by atoms with Crippen molar-refractivity contribution in [2.45, 2.75) is 45.3 Å². The summed E-state index contributed by atoms with van der Waals surface area (Å²) in [4.78, 5) is 0. The molecular weight excluding hydrogens is 140 g/mol. The Morgan fingerprint density at radius 3 is 1.82 bits per heavy atom. The first-order chi connectivity index (χ1) is 5.38. The SMILES string of the molecule is CCOC1CCCC1OCC. The minimum Gasteiger partial charge on any atom is -0.376 e. The summed E-state index contributed by atoms with van der Waals surface area (Å²) >= 11 is 0. The van der Waals surface area contributed by atoms with E-state index < -0.39 is 0 Å². The Labute approximate surface area is 68.9 Å². The van der Waals surface area contributed by atoms with Gasteiger partial charge < -0.3 is 9.47 Å². The number of rotatable bonds is 4. The first-order valence-electron chi connectivity index (χ1n) is 4.61. The summed E-state index contributed by atoms with van der Waals surface area (Å²) in [6.07, 6.45) is 4.37. The average molecular weight is 158 g/mol. The quantitative estimate of drug-likeness (QED) is 0.623. The minimum absolute atomic E-state index is 0.375. The molecule has 1 aliphatic rings. The molecule has 0 spiro atoms. The predicted octanol–water partition coefficient (Wildman–Crippen LogP) is 1.98. The first kappa shape index (κ1) is 9.01. The van der Waals surface area contributed by atoms with Crippen LogP contribution in [0, 0.1) is 0 Å². The number of ether oxygens (including phenoxy) is 2. The molecule has 1 fully saturated rings. The van der Waals surface area contributed by atoms with E-state index in [9.17, 15) is 0 Å². The smallest absolute Gasteiger partial charge is 0.0836 e. The van der Waals surface area contributed by atoms with Gasteiger partial charge in [-0.3, -0.25) is 0 Å². The Morgan fingerprint density at radius 2 is 1.45 bits per heavy atom. The standard InChI is InChI=1S/C9H18O2/c1-3-10-8-6-5-7-9(8)11-4-2/h8-9H,3-7H2,1-2H3. The summed E-state index contributed by atoms with van der Waals surface area (Å²) in [6.45, 7) is 5.71. The van der Waals surface area contributed by atoms with Gasteiger partial charge in [-0.05, 0) is 33.1 Å². The highest BCUT2D eigenvalue weighted by molar-refractivity contribution is 4.78. The van der Waals surface area contributed by atoms with E-state index in [1.807, 2.05) is 13.8 Å². The molecule has 1 aliphatic carbocycles. The van der Waals surface area contributed by atoms with Crippen LogP contribution in [0.4, 0.5) is 0 Å². The molecule has 0 radical (unpaired) electrons. The minimum atomic E-state index is 0.375. The van der Waals surface area contributed by atoms with Crippen molar-refractivity contribution in [3.63, 3.8) is 0 Å². The van der Waals surface area contributed by atoms with E-state index in [-0.39, 0.29) is 0 Å². The molecule has 2 atom stereocenters. The molecular formula is C9H18O2. The maximum absolute atomic E-state index is 5.54. The maximum atomic E-state index is 5.54. The van der Waals surface area contributed by atoms with Gasteiger partial charge in [0.25, 0.3) is 0 Å². The van der Waals surface area contributed by atoms with Crippen LogP contribution in [0.5, 0.6) is 0 Å². The van der Waals surface area contributed by atoms with Crippen molar-refractivity contribution in [2.75, 3.05) is 13.2 Å². The molecule has 1 saturated carbocycles. The van der Waals surface area contributed by atoms with Gasteiger partial charge in [0.15, 0.2) is 0 Å². The molecule has 2 nitrogen and oxygen atoms in total. The predicted molar refractivity (Wildman–Crippen MR) is 44.7 cm³/mol. The van der Waals surface area contributed by atoms with Crippen molar-refractivity contribution in [2.24, 2.45) is 0 Å². The molecule has 0 aromatic rings. The fourth-order valence-electron chi connectivity index (χ4n) is 1.70. The van der Waals surface area contributed by atoms with Crippen molar-refractivity contribution < 1.29 is 9.47 Å². The molecule has 0 heterocycles. The van der Waals surface area contributed by atoms with Gasteiger partial charge in [-0.15, -0.1) is 0 Å². The van der Waals surface area contributed by atoms with Gasteiger partial charge in [0, 0.05) is 13.2 Å². The lowest BCUT2D eigenvalue weighted by Gasteiger charge is -2.18. The normalized spacial score (nSPS) is 31.1. The molecule has 0 N–H and O–H groups in total. The Bertz CT molecular complexity index is 91.7. The molecule has 0 aliphatic heterocycles. The van der Waals surface area contributed by atoms with Crippen LogP contribution in [-0.2, 0) is 9.47 Å². The third-order valence-corrected chi connectivity index (χ3v) is 2.15. The summed E-state index contributed by atoms with van der Waals surface area (Å²) in [7, 11) is 0. The zero-order chi connectivity index (χ0) is 8.10. The van der Waals surface area contributed by atoms with Crippen molar-refractivity contribution in [1.29, 1.82) is 0 Å². The fraction of sp³-hybridized carbons (Fsp3) is 1.00. The van der Waals surface area contributed by atoms with E-state index in [2.05, 4.69) is 0 Å². The Balaban J connectivity index is 2.25. The van der Waals surface area contributed by atoms with Crippen molar-refractivity contribution >= 4 is 0 Å². The van der Waals surface area contributed by atoms with Gasteiger partial charge in [0.2, 0.25) is 0 Å². The monoisotopic (exact) mass is 158 g/mol. The van der Waals surface area contributed by atoms with Crippen LogP contribution >= 0.6 is 0 Å². The molecule has 11 heavy (non-hydrogen) atoms. The van der Waals surface area contributed by atoms with Gasteiger partial charge in [-0.2, -0.15) is 0 Å². The second-order valence-corrected chi connectivity index (χ2v) is 2.92. The van der Waals surface area contributed by atoms with Crippen LogP contribution in [0.3, 0.4) is 0 Å². The third-order valence-electron chi connectivity index (χ3n) is 2.15. The third kappa shape index (κ3) is 2.46. The maximum Gasteiger partial charge on any atom is 0.0836 e. The summed E-state index contributed by atoms with van der Waals surface area (Å²) in [6, 6.07) is 0. The fourth-order valence-corrected chi connectivity index (χ4v) is 1.70. The van der Waals surface area contributed by atoms with E-state index >= 15 is 0 Å². The summed E-state index contributed by atoms with van der Waals surface area (Å²) in [5.74, 6) is 0. The lowest BCUT2D eigenvalue weighted by molar-refractivity contribution is -0.0489. The highest BCUT2D eigenvalue weighted by Crippen LogP contribution is 2.24. The van der Waals surface area contributed by atoms with Crippen LogP contribution < -0.4 is 0 Å². The highest BCUT2D eigenvalue weighted by Gasteiger charge is 2.27. The van der Waals surface area contributed by atoms with Crippen LogP contribution in [0.25, 0.3) is 0 Å². The molecule has 66 valence electrons. The number of hydrogen-bond acceptors (Lipinski definition) is 2. The Kier molecular flexibility index (Phi) is 3.87. The van der Waals surface area contributed by atoms with E-state index in [0.717, 1.165) is 13.2 Å². The van der Waals surface area contributed by atoms with Gasteiger partial charge in [-0.25, -0.2) is 0 Å². The summed E-state index contributed by atoms with van der Waals surface area (Å²) in [5, 5.41) is 0. The molecule has 2 unspecified atom stereocenters. The molecule has 0 amide bonds. The first-order valence-corrected chi connectivity index (χ1v) is 4.61. The van der Waals surface area contributed by atoms with Crippen LogP contribution in [0.15, 0.2) is 0 Å². The van der Waals surface area contributed by atoms with E-state index in [1.54, 1.807) is 0 Å². The van der Waals surface area contributed by atoms with Gasteiger partial charge in [0.1, 0.15) is 0 Å². The van der Waals surface area contributed by atoms with Crippen LogP contribution in [0.2, 0.25) is 0 Å². The van der Waals surface area contributed by atoms with Crippen molar-refractivity contribution in [1.82, 2.24) is 0 Å². The lowest BCUT2D eigenvalue weighted by Crippen LogP contribution is -2.25. The van der Waals surface area contributed by atoms with E-state index in [1.165, 1.54) is 19.3 Å². The van der Waals surface area contributed by atoms with Gasteiger partial charge >= 0.3 is 0 Å². The second-order valence-electron chi connectivity index (χ2n) is 2.92. The van der Waals surface area contributed by atoms with Crippen molar-refractivity contribution in [3.8, 4) is 0 Å². The molecule has 2 heteroatoms. The second kappa shape index (κ2) is 4.73. The van der Waals surface area contributed by atoms with Gasteiger partial charge in [-0.1, -0.05) is 0 Å². The molecule has 0 aromatic heterocycles. The topological polar surface area (TPSA) is 18.5 Å². The van der Waals surface area contributed by atoms with Crippen LogP contribution in [-0.4, -0.2) is 25.4 Å². The Hall–Kier alpha value is -0.0800. The zero-order valence-electron chi connectivity index (χ0n) is 7.51. The largest absolute Gasteiger partial charge is 0.376 e.